The van der Waals surface area contributed by atoms with Crippen molar-refractivity contribution in [3.63, 3.8) is 0 Å². The average Bonchev–Trinajstić information content (AvgIpc) is 2.88. The van der Waals surface area contributed by atoms with E-state index in [1.165, 1.54) is 17.3 Å². The number of amides is 1. The molecular formula is C13H14N6OS. The van der Waals surface area contributed by atoms with Crippen molar-refractivity contribution in [2.75, 3.05) is 28.7 Å². The standard InChI is InChI=1S/C13H14N6OS/c14-11-16-12(15)18-13(17-11)21-7-10(20)19-6-5-8-3-1-2-4-9(8)19/h1-4H,5-7H2,(H4,14,15,16,17,18). The molecule has 1 aromatic carbocycles. The van der Waals surface area contributed by atoms with E-state index >= 15 is 0 Å². The van der Waals surface area contributed by atoms with Gasteiger partial charge in [0.05, 0.1) is 5.75 Å². The van der Waals surface area contributed by atoms with E-state index < -0.39 is 0 Å². The molecule has 0 radical (unpaired) electrons. The summed E-state index contributed by atoms with van der Waals surface area (Å²) < 4.78 is 0. The number of nitrogens with zero attached hydrogens (tertiary/aromatic N) is 4. The predicted molar refractivity (Wildman–Crippen MR) is 81.9 cm³/mol. The highest BCUT2D eigenvalue weighted by molar-refractivity contribution is 7.99. The van der Waals surface area contributed by atoms with Crippen LogP contribution in [0.4, 0.5) is 17.6 Å². The van der Waals surface area contributed by atoms with Crippen molar-refractivity contribution in [3.05, 3.63) is 29.8 Å². The van der Waals surface area contributed by atoms with Gasteiger partial charge in [-0.25, -0.2) is 0 Å². The van der Waals surface area contributed by atoms with Gasteiger partial charge in [0, 0.05) is 12.2 Å². The number of hydrogen-bond acceptors (Lipinski definition) is 7. The number of aromatic nitrogens is 3. The molecule has 0 unspecified atom stereocenters. The Morgan fingerprint density at radius 2 is 1.90 bits per heavy atom. The van der Waals surface area contributed by atoms with E-state index in [0.29, 0.717) is 11.7 Å². The summed E-state index contributed by atoms with van der Waals surface area (Å²) in [6.45, 7) is 0.709. The molecule has 108 valence electrons. The summed E-state index contributed by atoms with van der Waals surface area (Å²) in [6.07, 6.45) is 0.887. The molecule has 21 heavy (non-hydrogen) atoms. The van der Waals surface area contributed by atoms with E-state index in [-0.39, 0.29) is 23.6 Å². The second-order valence-electron chi connectivity index (χ2n) is 4.55. The molecule has 2 heterocycles. The highest BCUT2D eigenvalue weighted by Crippen LogP contribution is 2.28. The lowest BCUT2D eigenvalue weighted by Crippen LogP contribution is -2.30. The largest absolute Gasteiger partial charge is 0.368 e. The van der Waals surface area contributed by atoms with Crippen LogP contribution in [0, 0.1) is 0 Å². The lowest BCUT2D eigenvalue weighted by atomic mass is 10.2. The summed E-state index contributed by atoms with van der Waals surface area (Å²) >= 11 is 1.20. The summed E-state index contributed by atoms with van der Waals surface area (Å²) in [5.74, 6) is 0.368. The van der Waals surface area contributed by atoms with Crippen LogP contribution < -0.4 is 16.4 Å². The summed E-state index contributed by atoms with van der Waals surface area (Å²) in [6, 6.07) is 7.93. The van der Waals surface area contributed by atoms with Gasteiger partial charge in [-0.05, 0) is 18.1 Å². The number of thioether (sulfide) groups is 1. The van der Waals surface area contributed by atoms with Crippen molar-refractivity contribution in [1.29, 1.82) is 0 Å². The van der Waals surface area contributed by atoms with E-state index in [1.807, 2.05) is 24.3 Å². The topological polar surface area (TPSA) is 111 Å². The molecule has 7 nitrogen and oxygen atoms in total. The summed E-state index contributed by atoms with van der Waals surface area (Å²) in [5.41, 5.74) is 13.2. The quantitative estimate of drug-likeness (QED) is 0.803. The van der Waals surface area contributed by atoms with Gasteiger partial charge in [-0.1, -0.05) is 30.0 Å². The first-order valence-corrected chi connectivity index (χ1v) is 7.40. The fourth-order valence-corrected chi connectivity index (χ4v) is 2.98. The van der Waals surface area contributed by atoms with Crippen LogP contribution in [0.25, 0.3) is 0 Å². The maximum absolute atomic E-state index is 12.3. The van der Waals surface area contributed by atoms with E-state index in [2.05, 4.69) is 15.0 Å². The SMILES string of the molecule is Nc1nc(N)nc(SCC(=O)N2CCc3ccccc32)n1. The molecule has 2 aromatic rings. The molecule has 1 amide bonds. The molecule has 0 bridgehead atoms. The molecule has 4 N–H and O–H groups in total. The Hall–Kier alpha value is -2.35. The van der Waals surface area contributed by atoms with Crippen LogP contribution in [0.5, 0.6) is 0 Å². The zero-order chi connectivity index (χ0) is 14.8. The molecule has 1 aliphatic heterocycles. The van der Waals surface area contributed by atoms with Crippen LogP contribution in [0.3, 0.4) is 0 Å². The van der Waals surface area contributed by atoms with Crippen LogP contribution in [-0.2, 0) is 11.2 Å². The Balaban J connectivity index is 1.68. The van der Waals surface area contributed by atoms with Gasteiger partial charge in [0.25, 0.3) is 0 Å². The number of hydrogen-bond donors (Lipinski definition) is 2. The monoisotopic (exact) mass is 302 g/mol. The minimum absolute atomic E-state index is 0.0162. The Morgan fingerprint density at radius 3 is 2.67 bits per heavy atom. The first kappa shape index (κ1) is 13.6. The first-order chi connectivity index (χ1) is 10.1. The Kier molecular flexibility index (Phi) is 3.61. The van der Waals surface area contributed by atoms with Crippen molar-refractivity contribution in [3.8, 4) is 0 Å². The van der Waals surface area contributed by atoms with Crippen LogP contribution in [0.15, 0.2) is 29.4 Å². The van der Waals surface area contributed by atoms with Crippen molar-refractivity contribution in [1.82, 2.24) is 15.0 Å². The third-order valence-electron chi connectivity index (χ3n) is 3.16. The number of para-hydroxylation sites is 1. The Labute approximate surface area is 125 Å². The average molecular weight is 302 g/mol. The van der Waals surface area contributed by atoms with Gasteiger partial charge < -0.3 is 16.4 Å². The minimum Gasteiger partial charge on any atom is -0.368 e. The number of anilines is 3. The van der Waals surface area contributed by atoms with Crippen molar-refractivity contribution in [2.45, 2.75) is 11.6 Å². The number of fused-ring (bicyclic) bond motifs is 1. The van der Waals surface area contributed by atoms with Crippen LogP contribution in [0.1, 0.15) is 5.56 Å². The van der Waals surface area contributed by atoms with Gasteiger partial charge in [0.2, 0.25) is 17.8 Å². The maximum atomic E-state index is 12.3. The smallest absolute Gasteiger partial charge is 0.237 e. The fourth-order valence-electron chi connectivity index (χ4n) is 2.25. The van der Waals surface area contributed by atoms with Crippen molar-refractivity contribution < 1.29 is 4.79 Å². The van der Waals surface area contributed by atoms with E-state index in [9.17, 15) is 4.79 Å². The van der Waals surface area contributed by atoms with Gasteiger partial charge in [0.1, 0.15) is 0 Å². The number of benzene rings is 1. The van der Waals surface area contributed by atoms with Gasteiger partial charge in [-0.2, -0.15) is 15.0 Å². The van der Waals surface area contributed by atoms with E-state index in [1.54, 1.807) is 4.90 Å². The molecule has 1 aromatic heterocycles. The van der Waals surface area contributed by atoms with Crippen LogP contribution >= 0.6 is 11.8 Å². The Morgan fingerprint density at radius 1 is 1.19 bits per heavy atom. The molecule has 0 saturated heterocycles. The lowest BCUT2D eigenvalue weighted by Gasteiger charge is -2.16. The summed E-state index contributed by atoms with van der Waals surface area (Å²) in [7, 11) is 0. The molecule has 0 saturated carbocycles. The van der Waals surface area contributed by atoms with Gasteiger partial charge in [-0.15, -0.1) is 0 Å². The minimum atomic E-state index is 0.0162. The second-order valence-corrected chi connectivity index (χ2v) is 5.49. The molecule has 0 atom stereocenters. The van der Waals surface area contributed by atoms with Crippen LogP contribution in [0.2, 0.25) is 0 Å². The van der Waals surface area contributed by atoms with Gasteiger partial charge in [-0.3, -0.25) is 4.79 Å². The zero-order valence-electron chi connectivity index (χ0n) is 11.2. The molecular weight excluding hydrogens is 288 g/mol. The summed E-state index contributed by atoms with van der Waals surface area (Å²) in [5, 5.41) is 0.362. The third-order valence-corrected chi connectivity index (χ3v) is 3.99. The van der Waals surface area contributed by atoms with Gasteiger partial charge >= 0.3 is 0 Å². The number of carbonyl (C=O) groups is 1. The van der Waals surface area contributed by atoms with E-state index in [4.69, 9.17) is 11.5 Å². The second kappa shape index (κ2) is 5.57. The predicted octanol–water partition coefficient (Wildman–Crippen LogP) is 0.717. The molecule has 8 heteroatoms. The van der Waals surface area contributed by atoms with Gasteiger partial charge in [0.15, 0.2) is 5.16 Å². The zero-order valence-corrected chi connectivity index (χ0v) is 12.0. The number of nitrogen functional groups attached to an aromatic ring is 2. The molecule has 1 aliphatic rings. The maximum Gasteiger partial charge on any atom is 0.237 e. The first-order valence-electron chi connectivity index (χ1n) is 6.41. The van der Waals surface area contributed by atoms with Crippen molar-refractivity contribution >= 4 is 35.3 Å². The normalized spacial score (nSPS) is 13.2. The highest BCUT2D eigenvalue weighted by Gasteiger charge is 2.24. The lowest BCUT2D eigenvalue weighted by molar-refractivity contribution is -0.116. The van der Waals surface area contributed by atoms with Crippen LogP contribution in [-0.4, -0.2) is 33.2 Å². The highest BCUT2D eigenvalue weighted by atomic mass is 32.2. The number of carbonyl (C=O) groups excluding carboxylic acids is 1. The third kappa shape index (κ3) is 2.89. The molecule has 0 spiro atoms. The number of nitrogens with two attached hydrogens (primary N) is 2. The molecule has 0 aliphatic carbocycles. The molecule has 3 rings (SSSR count). The van der Waals surface area contributed by atoms with E-state index in [0.717, 1.165) is 12.1 Å². The van der Waals surface area contributed by atoms with Crippen molar-refractivity contribution in [2.24, 2.45) is 0 Å². The fraction of sp³-hybridized carbons (Fsp3) is 0.231. The Bertz CT molecular complexity index is 672. The molecule has 0 fully saturated rings. The number of rotatable bonds is 3. The summed E-state index contributed by atoms with van der Waals surface area (Å²) in [4.78, 5) is 25.7.